The summed E-state index contributed by atoms with van der Waals surface area (Å²) >= 11 is 1.44. The van der Waals surface area contributed by atoms with Gasteiger partial charge in [-0.05, 0) is 49.8 Å². The number of ether oxygens (including phenoxy) is 1. The van der Waals surface area contributed by atoms with Crippen molar-refractivity contribution in [3.05, 3.63) is 53.6 Å². The molecular weight excluding hydrogens is 362 g/mol. The number of nitrogens with one attached hydrogen (secondary N) is 2. The lowest BCUT2D eigenvalue weighted by molar-refractivity contribution is 0.0641. The monoisotopic (exact) mass is 381 g/mol. The number of amides is 2. The minimum Gasteiger partial charge on any atom is -0.480 e. The smallest absolute Gasteiger partial charge is 0.325 e. The van der Waals surface area contributed by atoms with Crippen molar-refractivity contribution < 1.29 is 14.6 Å². The fourth-order valence-electron chi connectivity index (χ4n) is 2.88. The number of benzene rings is 2. The third kappa shape index (κ3) is 3.51. The second-order valence-electron chi connectivity index (χ2n) is 6.68. The molecule has 0 radical (unpaired) electrons. The van der Waals surface area contributed by atoms with Crippen LogP contribution >= 0.6 is 11.3 Å². The molecule has 3 aromatic rings. The highest BCUT2D eigenvalue weighted by Crippen LogP contribution is 2.33. The van der Waals surface area contributed by atoms with E-state index in [0.29, 0.717) is 16.6 Å². The number of anilines is 2. The van der Waals surface area contributed by atoms with Crippen LogP contribution in [-0.4, -0.2) is 28.3 Å². The van der Waals surface area contributed by atoms with Crippen LogP contribution in [0.25, 0.3) is 16.3 Å². The fourth-order valence-corrected chi connectivity index (χ4v) is 3.82. The normalized spacial score (nSPS) is 18.0. The van der Waals surface area contributed by atoms with Gasteiger partial charge in [-0.25, -0.2) is 9.78 Å². The maximum absolute atomic E-state index is 12.3. The highest BCUT2D eigenvalue weighted by Gasteiger charge is 2.26. The van der Waals surface area contributed by atoms with Gasteiger partial charge in [0.2, 0.25) is 0 Å². The van der Waals surface area contributed by atoms with Gasteiger partial charge in [0.1, 0.15) is 11.4 Å². The van der Waals surface area contributed by atoms with Crippen LogP contribution in [0.4, 0.5) is 15.6 Å². The Morgan fingerprint density at radius 2 is 2.15 bits per heavy atom. The summed E-state index contributed by atoms with van der Waals surface area (Å²) in [6.07, 6.45) is 3.69. The summed E-state index contributed by atoms with van der Waals surface area (Å²) in [6, 6.07) is 11.0. The molecule has 0 spiro atoms. The summed E-state index contributed by atoms with van der Waals surface area (Å²) in [5, 5.41) is 15.6. The zero-order valence-electron chi connectivity index (χ0n) is 14.9. The average Bonchev–Trinajstić information content (AvgIpc) is 3.05. The number of aliphatic hydroxyl groups excluding tert-OH is 1. The SMILES string of the molecule is Cc1cccc2sc(NC(=O)Nc3ccc4c(c3)C=CC(C)(CO)O4)nc12. The zero-order chi connectivity index (χ0) is 19.0. The molecule has 1 unspecified atom stereocenters. The Morgan fingerprint density at radius 1 is 1.30 bits per heavy atom. The molecule has 0 saturated carbocycles. The van der Waals surface area contributed by atoms with E-state index in [2.05, 4.69) is 15.6 Å². The second-order valence-corrected chi connectivity index (χ2v) is 7.71. The van der Waals surface area contributed by atoms with Crippen LogP contribution in [0.15, 0.2) is 42.5 Å². The van der Waals surface area contributed by atoms with Gasteiger partial charge < -0.3 is 15.2 Å². The molecule has 2 aromatic carbocycles. The molecule has 0 fully saturated rings. The quantitative estimate of drug-likeness (QED) is 0.628. The Labute approximate surface area is 160 Å². The van der Waals surface area contributed by atoms with Crippen LogP contribution in [0.1, 0.15) is 18.1 Å². The fraction of sp³-hybridized carbons (Fsp3) is 0.200. The number of aryl methyl sites for hydroxylation is 1. The van der Waals surface area contributed by atoms with Crippen molar-refractivity contribution in [1.82, 2.24) is 4.98 Å². The van der Waals surface area contributed by atoms with Gasteiger partial charge >= 0.3 is 6.03 Å². The third-order valence-corrected chi connectivity index (χ3v) is 5.32. The van der Waals surface area contributed by atoms with Crippen LogP contribution < -0.4 is 15.4 Å². The molecule has 1 atom stereocenters. The topological polar surface area (TPSA) is 83.5 Å². The van der Waals surface area contributed by atoms with Crippen LogP contribution in [0.5, 0.6) is 5.75 Å². The predicted octanol–water partition coefficient (Wildman–Crippen LogP) is 4.41. The van der Waals surface area contributed by atoms with Gasteiger partial charge in [-0.2, -0.15) is 0 Å². The molecule has 3 N–H and O–H groups in total. The molecule has 1 aliphatic rings. The maximum atomic E-state index is 12.3. The Bertz CT molecular complexity index is 1060. The lowest BCUT2D eigenvalue weighted by atomic mass is 10.0. The summed E-state index contributed by atoms with van der Waals surface area (Å²) in [6.45, 7) is 3.70. The number of hydrogen-bond donors (Lipinski definition) is 3. The lowest BCUT2D eigenvalue weighted by Crippen LogP contribution is -2.35. The van der Waals surface area contributed by atoms with Gasteiger partial charge in [-0.1, -0.05) is 29.5 Å². The van der Waals surface area contributed by atoms with Crippen molar-refractivity contribution in [2.75, 3.05) is 17.2 Å². The number of hydrogen-bond acceptors (Lipinski definition) is 5. The number of carbonyl (C=O) groups is 1. The van der Waals surface area contributed by atoms with Crippen LogP contribution in [-0.2, 0) is 0 Å². The highest BCUT2D eigenvalue weighted by molar-refractivity contribution is 7.22. The zero-order valence-corrected chi connectivity index (χ0v) is 15.8. The Morgan fingerprint density at radius 3 is 2.93 bits per heavy atom. The number of aliphatic hydroxyl groups is 1. The highest BCUT2D eigenvalue weighted by atomic mass is 32.1. The van der Waals surface area contributed by atoms with E-state index in [9.17, 15) is 9.90 Å². The van der Waals surface area contributed by atoms with E-state index in [0.717, 1.165) is 21.3 Å². The van der Waals surface area contributed by atoms with Gasteiger partial charge in [0.25, 0.3) is 0 Å². The van der Waals surface area contributed by atoms with E-state index in [1.165, 1.54) is 11.3 Å². The summed E-state index contributed by atoms with van der Waals surface area (Å²) in [5.41, 5.74) is 2.75. The largest absolute Gasteiger partial charge is 0.480 e. The Balaban J connectivity index is 1.48. The second kappa shape index (κ2) is 6.68. The molecule has 4 rings (SSSR count). The van der Waals surface area contributed by atoms with Crippen LogP contribution in [0.3, 0.4) is 0 Å². The number of aromatic nitrogens is 1. The number of rotatable bonds is 3. The average molecular weight is 381 g/mol. The number of thiazole rings is 1. The summed E-state index contributed by atoms with van der Waals surface area (Å²) < 4.78 is 6.83. The van der Waals surface area contributed by atoms with E-state index in [1.807, 2.05) is 50.3 Å². The standard InChI is InChI=1S/C20H19N3O3S/c1-12-4-3-5-16-17(12)22-19(27-16)23-18(25)21-14-6-7-15-13(10-14)8-9-20(2,11-24)26-15/h3-10,24H,11H2,1-2H3,(H2,21,22,23,25). The first-order valence-corrected chi connectivity index (χ1v) is 9.35. The molecular formula is C20H19N3O3S. The van der Waals surface area contributed by atoms with Gasteiger partial charge in [0, 0.05) is 11.3 Å². The van der Waals surface area contributed by atoms with Crippen molar-refractivity contribution in [2.24, 2.45) is 0 Å². The van der Waals surface area contributed by atoms with E-state index in [-0.39, 0.29) is 12.6 Å². The molecule has 6 nitrogen and oxygen atoms in total. The summed E-state index contributed by atoms with van der Waals surface area (Å²) in [5.74, 6) is 0.668. The number of fused-ring (bicyclic) bond motifs is 2. The van der Waals surface area contributed by atoms with Crippen molar-refractivity contribution in [3.8, 4) is 5.75 Å². The first-order chi connectivity index (χ1) is 13.0. The number of urea groups is 1. The van der Waals surface area contributed by atoms with Gasteiger partial charge in [0.05, 0.1) is 16.8 Å². The third-order valence-electron chi connectivity index (χ3n) is 4.38. The first kappa shape index (κ1) is 17.5. The molecule has 27 heavy (non-hydrogen) atoms. The van der Waals surface area contributed by atoms with E-state index in [1.54, 1.807) is 12.1 Å². The molecule has 1 aliphatic heterocycles. The van der Waals surface area contributed by atoms with E-state index in [4.69, 9.17) is 4.74 Å². The number of carbonyl (C=O) groups excluding carboxylic acids is 1. The molecule has 2 heterocycles. The van der Waals surface area contributed by atoms with Crippen molar-refractivity contribution in [1.29, 1.82) is 0 Å². The molecule has 2 amide bonds. The van der Waals surface area contributed by atoms with Crippen LogP contribution in [0, 0.1) is 6.92 Å². The molecule has 0 bridgehead atoms. The summed E-state index contributed by atoms with van der Waals surface area (Å²) in [4.78, 5) is 16.8. The van der Waals surface area contributed by atoms with Crippen molar-refractivity contribution in [2.45, 2.75) is 19.4 Å². The summed E-state index contributed by atoms with van der Waals surface area (Å²) in [7, 11) is 0. The molecule has 0 aliphatic carbocycles. The maximum Gasteiger partial charge on any atom is 0.325 e. The minimum atomic E-state index is -0.718. The van der Waals surface area contributed by atoms with Crippen molar-refractivity contribution in [3.63, 3.8) is 0 Å². The number of para-hydroxylation sites is 1. The van der Waals surface area contributed by atoms with Gasteiger partial charge in [-0.3, -0.25) is 5.32 Å². The Hall–Kier alpha value is -2.90. The molecule has 1 aromatic heterocycles. The van der Waals surface area contributed by atoms with Crippen molar-refractivity contribution >= 4 is 44.5 Å². The molecule has 7 heteroatoms. The van der Waals surface area contributed by atoms with E-state index < -0.39 is 5.60 Å². The minimum absolute atomic E-state index is 0.104. The number of nitrogens with zero attached hydrogens (tertiary/aromatic N) is 1. The molecule has 0 saturated heterocycles. The predicted molar refractivity (Wildman–Crippen MR) is 109 cm³/mol. The Kier molecular flexibility index (Phi) is 4.33. The van der Waals surface area contributed by atoms with E-state index >= 15 is 0 Å². The van der Waals surface area contributed by atoms with Gasteiger partial charge in [-0.15, -0.1) is 0 Å². The van der Waals surface area contributed by atoms with Gasteiger partial charge in [0.15, 0.2) is 5.13 Å². The lowest BCUT2D eigenvalue weighted by Gasteiger charge is -2.29. The molecule has 138 valence electrons. The first-order valence-electron chi connectivity index (χ1n) is 8.53. The van der Waals surface area contributed by atoms with Crippen LogP contribution in [0.2, 0.25) is 0 Å².